The lowest BCUT2D eigenvalue weighted by Crippen LogP contribution is -2.41. The molecule has 2 amide bonds. The fraction of sp³-hybridized carbons (Fsp3) is 0.259. The van der Waals surface area contributed by atoms with Gasteiger partial charge in [0.05, 0.1) is 35.0 Å². The van der Waals surface area contributed by atoms with Gasteiger partial charge in [0.1, 0.15) is 6.54 Å². The Morgan fingerprint density at radius 2 is 1.56 bits per heavy atom. The van der Waals surface area contributed by atoms with Crippen molar-refractivity contribution < 1.29 is 22.7 Å². The second-order valence-electron chi connectivity index (χ2n) is 8.34. The Morgan fingerprint density at radius 3 is 2.22 bits per heavy atom. The number of nitrogens with zero attached hydrogens (tertiary/aromatic N) is 2. The molecule has 0 saturated carbocycles. The molecular formula is C27H29N3O5S. The summed E-state index contributed by atoms with van der Waals surface area (Å²) in [5.74, 6) is -0.769. The van der Waals surface area contributed by atoms with E-state index in [0.717, 1.165) is 16.3 Å². The number of anilines is 2. The van der Waals surface area contributed by atoms with E-state index in [-0.39, 0.29) is 10.8 Å². The van der Waals surface area contributed by atoms with E-state index in [1.807, 2.05) is 19.1 Å². The molecule has 0 radical (unpaired) electrons. The van der Waals surface area contributed by atoms with Gasteiger partial charge < -0.3 is 15.0 Å². The molecule has 0 aliphatic carbocycles. The summed E-state index contributed by atoms with van der Waals surface area (Å²) in [6.07, 6.45) is 0.806. The first kappa shape index (κ1) is 25.4. The summed E-state index contributed by atoms with van der Waals surface area (Å²) < 4.78 is 33.5. The van der Waals surface area contributed by atoms with Crippen molar-refractivity contribution in [3.05, 3.63) is 90.0 Å². The van der Waals surface area contributed by atoms with Crippen LogP contribution in [-0.2, 0) is 26.0 Å². The number of para-hydroxylation sites is 1. The maximum atomic E-state index is 13.5. The highest BCUT2D eigenvalue weighted by molar-refractivity contribution is 7.92. The van der Waals surface area contributed by atoms with Crippen LogP contribution in [0.4, 0.5) is 11.4 Å². The molecule has 0 unspecified atom stereocenters. The lowest BCUT2D eigenvalue weighted by Gasteiger charge is -2.28. The number of nitrogens with one attached hydrogen (secondary N) is 1. The Bertz CT molecular complexity index is 1300. The maximum Gasteiger partial charge on any atom is 0.264 e. The van der Waals surface area contributed by atoms with E-state index < -0.39 is 22.5 Å². The summed E-state index contributed by atoms with van der Waals surface area (Å²) >= 11 is 0. The predicted octanol–water partition coefficient (Wildman–Crippen LogP) is 3.56. The fourth-order valence-corrected chi connectivity index (χ4v) is 5.41. The van der Waals surface area contributed by atoms with Gasteiger partial charge in [-0.25, -0.2) is 8.42 Å². The van der Waals surface area contributed by atoms with Crippen LogP contribution in [0.25, 0.3) is 0 Å². The number of rotatable bonds is 8. The zero-order valence-corrected chi connectivity index (χ0v) is 20.9. The highest BCUT2D eigenvalue weighted by atomic mass is 32.2. The monoisotopic (exact) mass is 507 g/mol. The number of sulfonamides is 1. The molecule has 1 aliphatic heterocycles. The van der Waals surface area contributed by atoms with E-state index in [4.69, 9.17) is 4.74 Å². The van der Waals surface area contributed by atoms with Crippen molar-refractivity contribution in [1.29, 1.82) is 0 Å². The maximum absolute atomic E-state index is 13.5. The minimum atomic E-state index is -4.02. The molecule has 4 rings (SSSR count). The number of benzene rings is 3. The van der Waals surface area contributed by atoms with Crippen LogP contribution >= 0.6 is 0 Å². The normalized spacial score (nSPS) is 13.8. The van der Waals surface area contributed by atoms with Gasteiger partial charge >= 0.3 is 0 Å². The summed E-state index contributed by atoms with van der Waals surface area (Å²) in [4.78, 5) is 28.0. The van der Waals surface area contributed by atoms with Gasteiger partial charge in [-0.15, -0.1) is 0 Å². The molecule has 36 heavy (non-hydrogen) atoms. The molecule has 1 saturated heterocycles. The van der Waals surface area contributed by atoms with Gasteiger partial charge in [0.2, 0.25) is 5.91 Å². The van der Waals surface area contributed by atoms with Gasteiger partial charge in [-0.1, -0.05) is 49.4 Å². The highest BCUT2D eigenvalue weighted by Crippen LogP contribution is 2.25. The van der Waals surface area contributed by atoms with Crippen LogP contribution in [0.5, 0.6) is 0 Å². The number of amides is 2. The number of aryl methyl sites for hydroxylation is 1. The highest BCUT2D eigenvalue weighted by Gasteiger charge is 2.28. The molecule has 0 aromatic heterocycles. The summed E-state index contributed by atoms with van der Waals surface area (Å²) in [6, 6.07) is 21.8. The molecule has 9 heteroatoms. The minimum absolute atomic E-state index is 0.0836. The number of morpholine rings is 1. The average molecular weight is 508 g/mol. The lowest BCUT2D eigenvalue weighted by molar-refractivity contribution is -0.114. The lowest BCUT2D eigenvalue weighted by atomic mass is 10.1. The van der Waals surface area contributed by atoms with E-state index >= 15 is 0 Å². The zero-order chi connectivity index (χ0) is 25.5. The largest absolute Gasteiger partial charge is 0.378 e. The van der Waals surface area contributed by atoms with Crippen LogP contribution in [0.15, 0.2) is 83.8 Å². The Kier molecular flexibility index (Phi) is 8.02. The number of ether oxygens (including phenoxy) is 1. The van der Waals surface area contributed by atoms with Crippen LogP contribution in [-0.4, -0.2) is 58.0 Å². The Morgan fingerprint density at radius 1 is 0.917 bits per heavy atom. The number of hydrogen-bond donors (Lipinski definition) is 1. The van der Waals surface area contributed by atoms with Crippen molar-refractivity contribution in [2.45, 2.75) is 18.2 Å². The fourth-order valence-electron chi connectivity index (χ4n) is 3.97. The zero-order valence-electron chi connectivity index (χ0n) is 20.1. The summed E-state index contributed by atoms with van der Waals surface area (Å²) in [6.45, 7) is 3.42. The molecule has 1 aliphatic rings. The summed E-state index contributed by atoms with van der Waals surface area (Å²) in [5, 5.41) is 2.75. The first-order valence-corrected chi connectivity index (χ1v) is 13.3. The minimum Gasteiger partial charge on any atom is -0.378 e. The van der Waals surface area contributed by atoms with Gasteiger partial charge in [0.15, 0.2) is 0 Å². The molecule has 8 nitrogen and oxygen atoms in total. The van der Waals surface area contributed by atoms with Crippen molar-refractivity contribution in [1.82, 2.24) is 4.90 Å². The second-order valence-corrected chi connectivity index (χ2v) is 10.2. The van der Waals surface area contributed by atoms with Crippen molar-refractivity contribution >= 4 is 33.2 Å². The Labute approximate surface area is 211 Å². The van der Waals surface area contributed by atoms with E-state index in [9.17, 15) is 18.0 Å². The van der Waals surface area contributed by atoms with Crippen molar-refractivity contribution in [3.8, 4) is 0 Å². The first-order valence-electron chi connectivity index (χ1n) is 11.8. The van der Waals surface area contributed by atoms with Gasteiger partial charge in [0.25, 0.3) is 15.9 Å². The second kappa shape index (κ2) is 11.4. The molecule has 0 spiro atoms. The van der Waals surface area contributed by atoms with E-state index in [2.05, 4.69) is 5.32 Å². The molecule has 1 N–H and O–H groups in total. The molecule has 3 aromatic carbocycles. The molecule has 0 bridgehead atoms. The third-order valence-corrected chi connectivity index (χ3v) is 7.77. The number of hydrogen-bond acceptors (Lipinski definition) is 5. The van der Waals surface area contributed by atoms with Crippen molar-refractivity contribution in [3.63, 3.8) is 0 Å². The third kappa shape index (κ3) is 5.75. The smallest absolute Gasteiger partial charge is 0.264 e. The standard InChI is InChI=1S/C27H29N3O5S/c1-2-21-12-14-22(15-13-21)30(36(33,34)23-8-4-3-5-9-23)20-26(31)28-25-11-7-6-10-24(25)27(32)29-16-18-35-19-17-29/h3-15H,2,16-20H2,1H3,(H,28,31). The van der Waals surface area contributed by atoms with E-state index in [1.54, 1.807) is 59.5 Å². The van der Waals surface area contributed by atoms with Crippen LogP contribution in [0.2, 0.25) is 0 Å². The number of carbonyl (C=O) groups excluding carboxylic acids is 2. The van der Waals surface area contributed by atoms with Crippen LogP contribution < -0.4 is 9.62 Å². The van der Waals surface area contributed by atoms with Gasteiger partial charge in [-0.3, -0.25) is 13.9 Å². The van der Waals surface area contributed by atoms with Crippen LogP contribution in [0.1, 0.15) is 22.8 Å². The molecular weight excluding hydrogens is 478 g/mol. The molecule has 1 heterocycles. The van der Waals surface area contributed by atoms with Crippen LogP contribution in [0, 0.1) is 0 Å². The molecule has 0 atom stereocenters. The van der Waals surface area contributed by atoms with Gasteiger partial charge in [-0.2, -0.15) is 0 Å². The summed E-state index contributed by atoms with van der Waals surface area (Å²) in [5.41, 5.74) is 2.11. The molecule has 188 valence electrons. The predicted molar refractivity (Wildman–Crippen MR) is 139 cm³/mol. The first-order chi connectivity index (χ1) is 17.4. The topological polar surface area (TPSA) is 96.0 Å². The third-order valence-electron chi connectivity index (χ3n) is 5.98. The molecule has 3 aromatic rings. The van der Waals surface area contributed by atoms with E-state index in [1.165, 1.54) is 12.1 Å². The van der Waals surface area contributed by atoms with Crippen LogP contribution in [0.3, 0.4) is 0 Å². The van der Waals surface area contributed by atoms with Crippen molar-refractivity contribution in [2.75, 3.05) is 42.5 Å². The quantitative estimate of drug-likeness (QED) is 0.503. The van der Waals surface area contributed by atoms with Gasteiger partial charge in [0, 0.05) is 13.1 Å². The SMILES string of the molecule is CCc1ccc(N(CC(=O)Nc2ccccc2C(=O)N2CCOCC2)S(=O)(=O)c2ccccc2)cc1. The van der Waals surface area contributed by atoms with E-state index in [0.29, 0.717) is 43.2 Å². The molecule has 1 fully saturated rings. The Balaban J connectivity index is 1.60. The van der Waals surface area contributed by atoms with Crippen molar-refractivity contribution in [2.24, 2.45) is 0 Å². The number of carbonyl (C=O) groups is 2. The summed E-state index contributed by atoms with van der Waals surface area (Å²) in [7, 11) is -4.02. The average Bonchev–Trinajstić information content (AvgIpc) is 2.92. The Hall–Kier alpha value is -3.69. The van der Waals surface area contributed by atoms with Gasteiger partial charge in [-0.05, 0) is 48.4 Å².